The molecule has 0 heterocycles. The van der Waals surface area contributed by atoms with Crippen LogP contribution in [0.1, 0.15) is 52.9 Å². The topological polar surface area (TPSA) is 60.4 Å². The summed E-state index contributed by atoms with van der Waals surface area (Å²) in [6.07, 6.45) is 8.14. The maximum Gasteiger partial charge on any atom is 0.0625 e. The molecule has 1 aliphatic carbocycles. The summed E-state index contributed by atoms with van der Waals surface area (Å²) >= 11 is 0. The van der Waals surface area contributed by atoms with Gasteiger partial charge in [-0.2, -0.15) is 0 Å². The predicted octanol–water partition coefficient (Wildman–Crippen LogP) is 2.14. The summed E-state index contributed by atoms with van der Waals surface area (Å²) in [6.45, 7) is 6.02. The number of rotatable bonds is 9. The first kappa shape index (κ1) is 16.2. The summed E-state index contributed by atoms with van der Waals surface area (Å²) < 4.78 is 0. The van der Waals surface area contributed by atoms with E-state index in [9.17, 15) is 15.0 Å². The van der Waals surface area contributed by atoms with Gasteiger partial charge in [-0.1, -0.05) is 39.3 Å². The van der Waals surface area contributed by atoms with Crippen LogP contribution in [0.15, 0.2) is 12.2 Å². The van der Waals surface area contributed by atoms with Crippen molar-refractivity contribution in [3.63, 3.8) is 0 Å². The van der Waals surface area contributed by atoms with Crippen molar-refractivity contribution in [2.24, 2.45) is 23.7 Å². The number of allylic oxidation sites excluding steroid dienone is 2. The van der Waals surface area contributed by atoms with E-state index in [1.807, 2.05) is 6.92 Å². The van der Waals surface area contributed by atoms with Crippen molar-refractivity contribution < 1.29 is 15.0 Å². The summed E-state index contributed by atoms with van der Waals surface area (Å²) in [5, 5.41) is 20.7. The molecule has 3 nitrogen and oxygen atoms in total. The van der Waals surface area contributed by atoms with E-state index in [4.69, 9.17) is 0 Å². The van der Waals surface area contributed by atoms with Crippen LogP contribution in [0.5, 0.6) is 0 Å². The standard InChI is InChI=1S/C16H28O3/c1-4-12-10-13(12)8-6-7-11(3)9-15(17)14(5-2)16(18)19/h6-7,11-15,17H,4-5,8-10H2,1-3H3,(H,18,19)/p-1/b7-6+/t11?,12?,13?,14-,15-/m1/s1. The lowest BCUT2D eigenvalue weighted by molar-refractivity contribution is -0.314. The second-order valence-corrected chi connectivity index (χ2v) is 5.94. The highest BCUT2D eigenvalue weighted by molar-refractivity contribution is 5.68. The van der Waals surface area contributed by atoms with Crippen LogP contribution in [0.2, 0.25) is 0 Å². The third-order valence-electron chi connectivity index (χ3n) is 4.32. The van der Waals surface area contributed by atoms with Gasteiger partial charge in [0.2, 0.25) is 0 Å². The van der Waals surface area contributed by atoms with E-state index >= 15 is 0 Å². The summed E-state index contributed by atoms with van der Waals surface area (Å²) in [6, 6.07) is 0. The molecule has 0 radical (unpaired) electrons. The number of carboxylic acids is 1. The number of aliphatic hydroxyl groups is 1. The van der Waals surface area contributed by atoms with Gasteiger partial charge < -0.3 is 15.0 Å². The first-order valence-electron chi connectivity index (χ1n) is 7.55. The Balaban J connectivity index is 2.27. The van der Waals surface area contributed by atoms with Crippen molar-refractivity contribution >= 4 is 5.97 Å². The van der Waals surface area contributed by atoms with Gasteiger partial charge in [0, 0.05) is 11.9 Å². The Morgan fingerprint density at radius 1 is 1.42 bits per heavy atom. The minimum atomic E-state index is -1.14. The van der Waals surface area contributed by atoms with Crippen LogP contribution in [-0.4, -0.2) is 17.2 Å². The van der Waals surface area contributed by atoms with Gasteiger partial charge in [0.25, 0.3) is 0 Å². The molecular weight excluding hydrogens is 240 g/mol. The third kappa shape index (κ3) is 5.35. The summed E-state index contributed by atoms with van der Waals surface area (Å²) in [4.78, 5) is 10.8. The van der Waals surface area contributed by atoms with Crippen LogP contribution in [-0.2, 0) is 4.79 Å². The van der Waals surface area contributed by atoms with E-state index in [-0.39, 0.29) is 5.92 Å². The zero-order valence-electron chi connectivity index (χ0n) is 12.3. The van der Waals surface area contributed by atoms with E-state index in [0.717, 1.165) is 18.3 Å². The average Bonchev–Trinajstić information content (AvgIpc) is 3.07. The largest absolute Gasteiger partial charge is 0.550 e. The predicted molar refractivity (Wildman–Crippen MR) is 74.2 cm³/mol. The first-order valence-corrected chi connectivity index (χ1v) is 7.55. The van der Waals surface area contributed by atoms with Crippen LogP contribution in [0, 0.1) is 23.7 Å². The number of hydrogen-bond donors (Lipinski definition) is 1. The Labute approximate surface area is 116 Å². The molecule has 0 saturated heterocycles. The van der Waals surface area contributed by atoms with Crippen LogP contribution in [0.4, 0.5) is 0 Å². The second kappa shape index (κ2) is 7.68. The molecule has 0 aromatic heterocycles. The van der Waals surface area contributed by atoms with E-state index in [0.29, 0.717) is 12.8 Å². The van der Waals surface area contributed by atoms with E-state index in [2.05, 4.69) is 19.1 Å². The van der Waals surface area contributed by atoms with Gasteiger partial charge in [0.15, 0.2) is 0 Å². The van der Waals surface area contributed by atoms with E-state index in [1.165, 1.54) is 12.8 Å². The van der Waals surface area contributed by atoms with Crippen molar-refractivity contribution in [2.75, 3.05) is 0 Å². The summed E-state index contributed by atoms with van der Waals surface area (Å²) in [5.74, 6) is 0.0824. The van der Waals surface area contributed by atoms with Gasteiger partial charge in [-0.05, 0) is 43.4 Å². The number of aliphatic carboxylic acids is 1. The van der Waals surface area contributed by atoms with Crippen LogP contribution >= 0.6 is 0 Å². The molecule has 1 fully saturated rings. The third-order valence-corrected chi connectivity index (χ3v) is 4.32. The minimum Gasteiger partial charge on any atom is -0.550 e. The van der Waals surface area contributed by atoms with Crippen molar-refractivity contribution in [1.82, 2.24) is 0 Å². The SMILES string of the molecule is CCC1CC1C/C=C/C(C)C[C@@H](O)[C@@H](CC)C(=O)[O-]. The smallest absolute Gasteiger partial charge is 0.0625 e. The number of aliphatic hydroxyl groups excluding tert-OH is 1. The average molecular weight is 267 g/mol. The molecule has 0 amide bonds. The lowest BCUT2D eigenvalue weighted by atomic mass is 9.91. The Bertz CT molecular complexity index is 311. The molecule has 19 heavy (non-hydrogen) atoms. The lowest BCUT2D eigenvalue weighted by Gasteiger charge is -2.24. The molecule has 3 unspecified atom stereocenters. The number of carbonyl (C=O) groups excluding carboxylic acids is 1. The monoisotopic (exact) mass is 267 g/mol. The molecule has 0 bridgehead atoms. The van der Waals surface area contributed by atoms with E-state index < -0.39 is 18.0 Å². The fraction of sp³-hybridized carbons (Fsp3) is 0.812. The molecule has 0 aromatic rings. The number of carboxylic acid groups (broad SMARTS) is 1. The molecule has 1 aliphatic rings. The highest BCUT2D eigenvalue weighted by Gasteiger charge is 2.33. The number of hydrogen-bond acceptors (Lipinski definition) is 3. The Kier molecular flexibility index (Phi) is 6.56. The van der Waals surface area contributed by atoms with Crippen LogP contribution in [0.25, 0.3) is 0 Å². The molecule has 110 valence electrons. The Morgan fingerprint density at radius 2 is 2.11 bits per heavy atom. The fourth-order valence-corrected chi connectivity index (χ4v) is 2.80. The molecule has 0 aliphatic heterocycles. The van der Waals surface area contributed by atoms with Gasteiger partial charge in [-0.15, -0.1) is 0 Å². The minimum absolute atomic E-state index is 0.210. The molecular formula is C16H27O3-. The van der Waals surface area contributed by atoms with Crippen molar-refractivity contribution in [1.29, 1.82) is 0 Å². The zero-order valence-corrected chi connectivity index (χ0v) is 12.3. The summed E-state index contributed by atoms with van der Waals surface area (Å²) in [7, 11) is 0. The van der Waals surface area contributed by atoms with Gasteiger partial charge in [-0.25, -0.2) is 0 Å². The molecule has 0 aromatic carbocycles. The molecule has 1 N–H and O–H groups in total. The van der Waals surface area contributed by atoms with Crippen LogP contribution < -0.4 is 5.11 Å². The van der Waals surface area contributed by atoms with Gasteiger partial charge in [-0.3, -0.25) is 0 Å². The second-order valence-electron chi connectivity index (χ2n) is 5.94. The fourth-order valence-electron chi connectivity index (χ4n) is 2.80. The van der Waals surface area contributed by atoms with Gasteiger partial charge in [0.05, 0.1) is 6.10 Å². The molecule has 1 saturated carbocycles. The first-order chi connectivity index (χ1) is 8.99. The quantitative estimate of drug-likeness (QED) is 0.651. The zero-order chi connectivity index (χ0) is 14.4. The molecule has 3 heteroatoms. The summed E-state index contributed by atoms with van der Waals surface area (Å²) in [5.41, 5.74) is 0. The Hall–Kier alpha value is -0.830. The maximum absolute atomic E-state index is 10.8. The van der Waals surface area contributed by atoms with Crippen LogP contribution in [0.3, 0.4) is 0 Å². The highest BCUT2D eigenvalue weighted by atomic mass is 16.4. The normalized spacial score (nSPS) is 27.2. The van der Waals surface area contributed by atoms with Gasteiger partial charge in [0.1, 0.15) is 0 Å². The Morgan fingerprint density at radius 3 is 2.58 bits per heavy atom. The maximum atomic E-state index is 10.8. The molecule has 1 rings (SSSR count). The van der Waals surface area contributed by atoms with Crippen molar-refractivity contribution in [3.05, 3.63) is 12.2 Å². The number of carbonyl (C=O) groups is 1. The lowest BCUT2D eigenvalue weighted by Crippen LogP contribution is -2.38. The van der Waals surface area contributed by atoms with Gasteiger partial charge >= 0.3 is 0 Å². The molecule has 0 spiro atoms. The van der Waals surface area contributed by atoms with Crippen molar-refractivity contribution in [3.8, 4) is 0 Å². The van der Waals surface area contributed by atoms with Crippen molar-refractivity contribution in [2.45, 2.75) is 59.0 Å². The molecule has 5 atom stereocenters. The highest BCUT2D eigenvalue weighted by Crippen LogP contribution is 2.43. The van der Waals surface area contributed by atoms with E-state index in [1.54, 1.807) is 6.92 Å².